The molecule has 0 unspecified atom stereocenters. The van der Waals surface area contributed by atoms with Gasteiger partial charge < -0.3 is 5.32 Å². The lowest BCUT2D eigenvalue weighted by Gasteiger charge is -2.05. The maximum absolute atomic E-state index is 12.3. The number of rotatable bonds is 6. The maximum Gasteiger partial charge on any atom is 0.226 e. The second kappa shape index (κ2) is 8.32. The number of anilines is 1. The molecule has 0 aliphatic rings. The minimum absolute atomic E-state index is 0.0458. The third-order valence-electron chi connectivity index (χ3n) is 3.68. The molecule has 1 heterocycles. The van der Waals surface area contributed by atoms with Crippen molar-refractivity contribution in [1.29, 1.82) is 0 Å². The molecule has 0 aliphatic heterocycles. The molecule has 0 fully saturated rings. The number of halogens is 3. The molecule has 3 aromatic rings. The Kier molecular flexibility index (Phi) is 6.28. The highest BCUT2D eigenvalue weighted by molar-refractivity contribution is 7.91. The number of amides is 1. The van der Waals surface area contributed by atoms with Gasteiger partial charge in [-0.25, -0.2) is 13.4 Å². The standard InChI is InChI=1S/C17H13Cl3N2O3S2/c18-10-3-5-11(6-4-10)27(24,25)9-1-2-14(23)21-17-22-15-12(19)7-8-13(20)16(15)26-17/h3-8H,1-2,9H2,(H,21,22,23). The number of nitrogens with one attached hydrogen (secondary N) is 1. The highest BCUT2D eigenvalue weighted by atomic mass is 35.5. The first-order valence-corrected chi connectivity index (χ1v) is 11.4. The van der Waals surface area contributed by atoms with Crippen LogP contribution in [0.1, 0.15) is 12.8 Å². The van der Waals surface area contributed by atoms with E-state index in [0.717, 1.165) is 0 Å². The lowest BCUT2D eigenvalue weighted by Crippen LogP contribution is -2.14. The molecule has 3 rings (SSSR count). The van der Waals surface area contributed by atoms with Gasteiger partial charge in [0.05, 0.1) is 25.4 Å². The first-order chi connectivity index (χ1) is 12.8. The zero-order valence-electron chi connectivity index (χ0n) is 13.7. The van der Waals surface area contributed by atoms with E-state index >= 15 is 0 Å². The third-order valence-corrected chi connectivity index (χ3v) is 7.49. The van der Waals surface area contributed by atoms with E-state index in [9.17, 15) is 13.2 Å². The van der Waals surface area contributed by atoms with Crippen LogP contribution in [-0.4, -0.2) is 25.1 Å². The molecular formula is C17H13Cl3N2O3S2. The van der Waals surface area contributed by atoms with Crippen molar-refractivity contribution in [1.82, 2.24) is 4.98 Å². The molecule has 0 saturated heterocycles. The monoisotopic (exact) mass is 462 g/mol. The van der Waals surface area contributed by atoms with E-state index in [1.165, 1.54) is 35.6 Å². The molecule has 10 heteroatoms. The van der Waals surface area contributed by atoms with E-state index < -0.39 is 9.84 Å². The van der Waals surface area contributed by atoms with E-state index in [4.69, 9.17) is 34.8 Å². The topological polar surface area (TPSA) is 76.1 Å². The number of carbonyl (C=O) groups is 1. The van der Waals surface area contributed by atoms with Crippen molar-refractivity contribution < 1.29 is 13.2 Å². The normalized spacial score (nSPS) is 11.7. The van der Waals surface area contributed by atoms with Crippen LogP contribution >= 0.6 is 46.1 Å². The number of hydrogen-bond donors (Lipinski definition) is 1. The molecule has 0 atom stereocenters. The number of benzene rings is 2. The van der Waals surface area contributed by atoms with Crippen LogP contribution in [-0.2, 0) is 14.6 Å². The summed E-state index contributed by atoms with van der Waals surface area (Å²) < 4.78 is 25.2. The van der Waals surface area contributed by atoms with Crippen LogP contribution < -0.4 is 5.32 Å². The summed E-state index contributed by atoms with van der Waals surface area (Å²) in [6.07, 6.45) is 0.230. The Bertz CT molecular complexity index is 1060. The SMILES string of the molecule is O=C(CCCS(=O)(=O)c1ccc(Cl)cc1)Nc1nc2c(Cl)ccc(Cl)c2s1. The number of aromatic nitrogens is 1. The zero-order valence-corrected chi connectivity index (χ0v) is 17.6. The Morgan fingerprint density at radius 3 is 2.37 bits per heavy atom. The van der Waals surface area contributed by atoms with Crippen molar-refractivity contribution in [3.63, 3.8) is 0 Å². The minimum atomic E-state index is -3.46. The number of carbonyl (C=O) groups excluding carboxylic acids is 1. The highest BCUT2D eigenvalue weighted by Crippen LogP contribution is 2.36. The van der Waals surface area contributed by atoms with Crippen molar-refractivity contribution in [2.24, 2.45) is 0 Å². The van der Waals surface area contributed by atoms with Gasteiger partial charge in [-0.05, 0) is 42.8 Å². The van der Waals surface area contributed by atoms with Crippen molar-refractivity contribution in [3.8, 4) is 0 Å². The number of nitrogens with zero attached hydrogens (tertiary/aromatic N) is 1. The minimum Gasteiger partial charge on any atom is -0.302 e. The average Bonchev–Trinajstić information content (AvgIpc) is 3.03. The lowest BCUT2D eigenvalue weighted by molar-refractivity contribution is -0.116. The smallest absolute Gasteiger partial charge is 0.226 e. The van der Waals surface area contributed by atoms with Gasteiger partial charge in [-0.15, -0.1) is 0 Å². The summed E-state index contributed by atoms with van der Waals surface area (Å²) in [6, 6.07) is 9.24. The highest BCUT2D eigenvalue weighted by Gasteiger charge is 2.16. The first kappa shape index (κ1) is 20.4. The van der Waals surface area contributed by atoms with Crippen LogP contribution in [0.2, 0.25) is 15.1 Å². The van der Waals surface area contributed by atoms with Crippen LogP contribution in [0.25, 0.3) is 10.2 Å². The van der Waals surface area contributed by atoms with Crippen LogP contribution in [0, 0.1) is 0 Å². The Morgan fingerprint density at radius 2 is 1.70 bits per heavy atom. The van der Waals surface area contributed by atoms with Crippen LogP contribution in [0.5, 0.6) is 0 Å². The van der Waals surface area contributed by atoms with Crippen LogP contribution in [0.4, 0.5) is 5.13 Å². The molecule has 2 aromatic carbocycles. The molecule has 1 amide bonds. The van der Waals surface area contributed by atoms with Crippen molar-refractivity contribution in [3.05, 3.63) is 51.5 Å². The quantitative estimate of drug-likeness (QED) is 0.527. The van der Waals surface area contributed by atoms with Gasteiger partial charge in [0.2, 0.25) is 5.91 Å². The average molecular weight is 464 g/mol. The Morgan fingerprint density at radius 1 is 1.04 bits per heavy atom. The Hall–Kier alpha value is -1.38. The van der Waals surface area contributed by atoms with E-state index in [1.54, 1.807) is 12.1 Å². The molecule has 1 N–H and O–H groups in total. The summed E-state index contributed by atoms with van der Waals surface area (Å²) in [4.78, 5) is 16.6. The van der Waals surface area contributed by atoms with Gasteiger partial charge in [0.15, 0.2) is 15.0 Å². The van der Waals surface area contributed by atoms with Gasteiger partial charge in [0.25, 0.3) is 0 Å². The fourth-order valence-corrected chi connectivity index (χ4v) is 5.24. The van der Waals surface area contributed by atoms with Crippen molar-refractivity contribution in [2.75, 3.05) is 11.1 Å². The number of sulfone groups is 1. The summed E-state index contributed by atoms with van der Waals surface area (Å²) in [7, 11) is -3.46. The fourth-order valence-electron chi connectivity index (χ4n) is 2.36. The number of hydrogen-bond acceptors (Lipinski definition) is 5. The van der Waals surface area contributed by atoms with Gasteiger partial charge in [0, 0.05) is 11.4 Å². The van der Waals surface area contributed by atoms with E-state index in [0.29, 0.717) is 30.4 Å². The second-order valence-corrected chi connectivity index (χ2v) is 10.0. The third kappa shape index (κ3) is 4.92. The van der Waals surface area contributed by atoms with Gasteiger partial charge in [-0.1, -0.05) is 46.1 Å². The van der Waals surface area contributed by atoms with Crippen LogP contribution in [0.15, 0.2) is 41.3 Å². The first-order valence-electron chi connectivity index (χ1n) is 7.79. The molecule has 0 radical (unpaired) electrons. The fraction of sp³-hybridized carbons (Fsp3) is 0.176. The molecule has 0 saturated carbocycles. The molecule has 0 spiro atoms. The zero-order chi connectivity index (χ0) is 19.6. The van der Waals surface area contributed by atoms with Crippen molar-refractivity contribution in [2.45, 2.75) is 17.7 Å². The van der Waals surface area contributed by atoms with Crippen molar-refractivity contribution >= 4 is 77.2 Å². The second-order valence-electron chi connectivity index (χ2n) is 5.65. The summed E-state index contributed by atoms with van der Waals surface area (Å²) in [5.41, 5.74) is 0.523. The van der Waals surface area contributed by atoms with Gasteiger partial charge in [-0.2, -0.15) is 0 Å². The molecule has 0 aliphatic carbocycles. The number of fused-ring (bicyclic) bond motifs is 1. The summed E-state index contributed by atoms with van der Waals surface area (Å²) in [5, 5.41) is 4.43. The van der Waals surface area contributed by atoms with E-state index in [1.807, 2.05) is 0 Å². The summed E-state index contributed by atoms with van der Waals surface area (Å²) in [6.45, 7) is 0. The Balaban J connectivity index is 1.59. The molecule has 5 nitrogen and oxygen atoms in total. The largest absolute Gasteiger partial charge is 0.302 e. The van der Waals surface area contributed by atoms with Crippen LogP contribution in [0.3, 0.4) is 0 Å². The maximum atomic E-state index is 12.3. The predicted octanol–water partition coefficient (Wildman–Crippen LogP) is 5.45. The summed E-state index contributed by atoms with van der Waals surface area (Å²) in [5.74, 6) is -0.466. The number of thiazole rings is 1. The molecule has 0 bridgehead atoms. The van der Waals surface area contributed by atoms with E-state index in [-0.39, 0.29) is 29.4 Å². The van der Waals surface area contributed by atoms with Gasteiger partial charge in [-0.3, -0.25) is 4.79 Å². The van der Waals surface area contributed by atoms with E-state index in [2.05, 4.69) is 10.3 Å². The van der Waals surface area contributed by atoms with Gasteiger partial charge >= 0.3 is 0 Å². The molecule has 27 heavy (non-hydrogen) atoms. The summed E-state index contributed by atoms with van der Waals surface area (Å²) >= 11 is 19.2. The molecular weight excluding hydrogens is 451 g/mol. The van der Waals surface area contributed by atoms with Gasteiger partial charge in [0.1, 0.15) is 5.52 Å². The molecule has 1 aromatic heterocycles. The lowest BCUT2D eigenvalue weighted by atomic mass is 10.3. The predicted molar refractivity (Wildman–Crippen MR) is 111 cm³/mol. The Labute approximate surface area is 175 Å². The molecule has 142 valence electrons.